The summed E-state index contributed by atoms with van der Waals surface area (Å²) < 4.78 is 4.97. The molecule has 0 fully saturated rings. The Morgan fingerprint density at radius 2 is 1.84 bits per heavy atom. The van der Waals surface area contributed by atoms with Gasteiger partial charge in [-0.3, -0.25) is 9.59 Å². The minimum absolute atomic E-state index is 0.104. The Morgan fingerprint density at radius 3 is 2.62 bits per heavy atom. The van der Waals surface area contributed by atoms with E-state index < -0.39 is 24.4 Å². The highest BCUT2D eigenvalue weighted by Crippen LogP contribution is 2.22. The van der Waals surface area contributed by atoms with Crippen molar-refractivity contribution in [3.8, 4) is 0 Å². The monoisotopic (exact) mass is 472 g/mol. The number of carbonyl (C=O) groups excluding carboxylic acids is 3. The molecule has 8 nitrogen and oxygen atoms in total. The van der Waals surface area contributed by atoms with Crippen LogP contribution in [0.1, 0.15) is 21.6 Å². The normalized spacial score (nSPS) is 10.3. The van der Waals surface area contributed by atoms with E-state index >= 15 is 0 Å². The van der Waals surface area contributed by atoms with E-state index in [0.717, 1.165) is 11.1 Å². The van der Waals surface area contributed by atoms with Gasteiger partial charge in [0, 0.05) is 22.6 Å². The van der Waals surface area contributed by atoms with Crippen LogP contribution < -0.4 is 16.0 Å². The fourth-order valence-electron chi connectivity index (χ4n) is 2.59. The van der Waals surface area contributed by atoms with Crippen LogP contribution in [0.5, 0.6) is 0 Å². The predicted molar refractivity (Wildman–Crippen MR) is 124 cm³/mol. The standard InChI is InChI=1S/C22H21ClN4O4S/c1-14-16(23)8-5-9-17(14)26-19(28)11-24-20(29)12-31-21(30)18-13-32-22(27-18)25-10-15-6-3-2-4-7-15/h2-9,13H,10-12H2,1H3,(H,24,29)(H,25,27)(H,26,28). The molecule has 0 radical (unpaired) electrons. The Kier molecular flexibility index (Phi) is 8.18. The van der Waals surface area contributed by atoms with Crippen molar-refractivity contribution in [1.82, 2.24) is 10.3 Å². The van der Waals surface area contributed by atoms with Crippen molar-refractivity contribution >= 4 is 51.5 Å². The summed E-state index contributed by atoms with van der Waals surface area (Å²) in [7, 11) is 0. The highest BCUT2D eigenvalue weighted by molar-refractivity contribution is 7.13. The molecule has 10 heteroatoms. The number of nitrogens with one attached hydrogen (secondary N) is 3. The zero-order valence-corrected chi connectivity index (χ0v) is 18.8. The zero-order chi connectivity index (χ0) is 22.9. The molecule has 3 rings (SSSR count). The number of thiazole rings is 1. The molecular formula is C22H21ClN4O4S. The molecule has 1 aromatic heterocycles. The van der Waals surface area contributed by atoms with Gasteiger partial charge in [0.15, 0.2) is 17.4 Å². The second kappa shape index (κ2) is 11.3. The third kappa shape index (κ3) is 6.79. The number of esters is 1. The Balaban J connectivity index is 1.39. The maximum atomic E-state index is 12.1. The first kappa shape index (κ1) is 23.2. The van der Waals surface area contributed by atoms with Crippen LogP contribution in [0.3, 0.4) is 0 Å². The summed E-state index contributed by atoms with van der Waals surface area (Å²) in [5.74, 6) is -1.75. The Bertz CT molecular complexity index is 1100. The average Bonchev–Trinajstić information content (AvgIpc) is 3.28. The number of anilines is 2. The molecule has 0 aliphatic rings. The topological polar surface area (TPSA) is 109 Å². The molecule has 0 saturated heterocycles. The molecule has 1 heterocycles. The second-order valence-electron chi connectivity index (χ2n) is 6.69. The minimum atomic E-state index is -0.719. The fourth-order valence-corrected chi connectivity index (χ4v) is 3.45. The SMILES string of the molecule is Cc1c(Cl)cccc1NC(=O)CNC(=O)COC(=O)c1csc(NCc2ccccc2)n1. The number of aromatic nitrogens is 1. The van der Waals surface area contributed by atoms with E-state index in [4.69, 9.17) is 16.3 Å². The minimum Gasteiger partial charge on any atom is -0.451 e. The molecule has 3 N–H and O–H groups in total. The van der Waals surface area contributed by atoms with E-state index in [0.29, 0.717) is 22.4 Å². The fraction of sp³-hybridized carbons (Fsp3) is 0.182. The van der Waals surface area contributed by atoms with Gasteiger partial charge in [-0.2, -0.15) is 0 Å². The zero-order valence-electron chi connectivity index (χ0n) is 17.2. The molecule has 0 spiro atoms. The first-order valence-electron chi connectivity index (χ1n) is 9.64. The van der Waals surface area contributed by atoms with Crippen molar-refractivity contribution in [2.24, 2.45) is 0 Å². The van der Waals surface area contributed by atoms with Crippen molar-refractivity contribution in [3.05, 3.63) is 75.8 Å². The lowest BCUT2D eigenvalue weighted by molar-refractivity contribution is -0.126. The molecule has 0 unspecified atom stereocenters. The van der Waals surface area contributed by atoms with Gasteiger partial charge in [-0.25, -0.2) is 9.78 Å². The summed E-state index contributed by atoms with van der Waals surface area (Å²) in [4.78, 5) is 40.2. The molecule has 2 amide bonds. The third-order valence-electron chi connectivity index (χ3n) is 4.32. The van der Waals surface area contributed by atoms with Crippen molar-refractivity contribution < 1.29 is 19.1 Å². The van der Waals surface area contributed by atoms with Crippen LogP contribution in [-0.2, 0) is 20.9 Å². The average molecular weight is 473 g/mol. The van der Waals surface area contributed by atoms with Crippen LogP contribution in [0.2, 0.25) is 5.02 Å². The molecular weight excluding hydrogens is 452 g/mol. The molecule has 0 aliphatic heterocycles. The van der Waals surface area contributed by atoms with Crippen LogP contribution in [0.15, 0.2) is 53.9 Å². The number of halogens is 1. The number of ether oxygens (including phenoxy) is 1. The molecule has 3 aromatic rings. The van der Waals surface area contributed by atoms with E-state index in [1.54, 1.807) is 30.5 Å². The van der Waals surface area contributed by atoms with Crippen molar-refractivity contribution in [2.45, 2.75) is 13.5 Å². The van der Waals surface area contributed by atoms with Gasteiger partial charge in [0.05, 0.1) is 6.54 Å². The summed E-state index contributed by atoms with van der Waals surface area (Å²) in [6, 6.07) is 14.9. The number of hydrogen-bond donors (Lipinski definition) is 3. The van der Waals surface area contributed by atoms with Gasteiger partial charge in [-0.1, -0.05) is 48.0 Å². The lowest BCUT2D eigenvalue weighted by Crippen LogP contribution is -2.35. The van der Waals surface area contributed by atoms with Crippen LogP contribution in [0, 0.1) is 6.92 Å². The van der Waals surface area contributed by atoms with Crippen LogP contribution in [-0.4, -0.2) is 35.9 Å². The van der Waals surface area contributed by atoms with Crippen LogP contribution in [0.25, 0.3) is 0 Å². The largest absolute Gasteiger partial charge is 0.451 e. The van der Waals surface area contributed by atoms with Gasteiger partial charge in [0.1, 0.15) is 0 Å². The number of rotatable bonds is 9. The first-order chi connectivity index (χ1) is 15.4. The second-order valence-corrected chi connectivity index (χ2v) is 7.96. The van der Waals surface area contributed by atoms with Crippen LogP contribution in [0.4, 0.5) is 10.8 Å². The number of amides is 2. The lowest BCUT2D eigenvalue weighted by atomic mass is 10.2. The molecule has 166 valence electrons. The summed E-state index contributed by atoms with van der Waals surface area (Å²) in [5, 5.41) is 10.8. The van der Waals surface area contributed by atoms with E-state index in [1.807, 2.05) is 30.3 Å². The van der Waals surface area contributed by atoms with Gasteiger partial charge >= 0.3 is 5.97 Å². The number of hydrogen-bond acceptors (Lipinski definition) is 7. The van der Waals surface area contributed by atoms with E-state index in [-0.39, 0.29) is 12.2 Å². The molecule has 2 aromatic carbocycles. The van der Waals surface area contributed by atoms with E-state index in [2.05, 4.69) is 20.9 Å². The summed E-state index contributed by atoms with van der Waals surface area (Å²) in [6.45, 7) is 1.55. The Labute approximate surface area is 194 Å². The summed E-state index contributed by atoms with van der Waals surface area (Å²) >= 11 is 7.28. The first-order valence-corrected chi connectivity index (χ1v) is 10.9. The molecule has 0 atom stereocenters. The van der Waals surface area contributed by atoms with Crippen molar-refractivity contribution in [3.63, 3.8) is 0 Å². The lowest BCUT2D eigenvalue weighted by Gasteiger charge is -2.10. The number of carbonyl (C=O) groups is 3. The van der Waals surface area contributed by atoms with Crippen molar-refractivity contribution in [2.75, 3.05) is 23.8 Å². The molecule has 0 aliphatic carbocycles. The highest BCUT2D eigenvalue weighted by Gasteiger charge is 2.15. The van der Waals surface area contributed by atoms with E-state index in [9.17, 15) is 14.4 Å². The predicted octanol–water partition coefficient (Wildman–Crippen LogP) is 3.63. The van der Waals surface area contributed by atoms with Crippen molar-refractivity contribution in [1.29, 1.82) is 0 Å². The highest BCUT2D eigenvalue weighted by atomic mass is 35.5. The summed E-state index contributed by atoms with van der Waals surface area (Å²) in [6.07, 6.45) is 0. The quantitative estimate of drug-likeness (QED) is 0.410. The maximum absolute atomic E-state index is 12.1. The van der Waals surface area contributed by atoms with Gasteiger partial charge < -0.3 is 20.7 Å². The number of nitrogens with zero attached hydrogens (tertiary/aromatic N) is 1. The van der Waals surface area contributed by atoms with Gasteiger partial charge in [0.25, 0.3) is 5.91 Å². The summed E-state index contributed by atoms with van der Waals surface area (Å²) in [5.41, 5.74) is 2.47. The van der Waals surface area contributed by atoms with E-state index in [1.165, 1.54) is 11.3 Å². The smallest absolute Gasteiger partial charge is 0.358 e. The van der Waals surface area contributed by atoms with Gasteiger partial charge in [0.2, 0.25) is 5.91 Å². The number of benzene rings is 2. The van der Waals surface area contributed by atoms with Gasteiger partial charge in [-0.05, 0) is 30.2 Å². The molecule has 0 bridgehead atoms. The third-order valence-corrected chi connectivity index (χ3v) is 5.53. The van der Waals surface area contributed by atoms with Crippen LogP contribution >= 0.6 is 22.9 Å². The van der Waals surface area contributed by atoms with Gasteiger partial charge in [-0.15, -0.1) is 11.3 Å². The maximum Gasteiger partial charge on any atom is 0.358 e. The molecule has 0 saturated carbocycles. The Hall–Kier alpha value is -3.43. The molecule has 32 heavy (non-hydrogen) atoms. The Morgan fingerprint density at radius 1 is 1.06 bits per heavy atom.